The van der Waals surface area contributed by atoms with Crippen LogP contribution in [0, 0.1) is 11.7 Å². The van der Waals surface area contributed by atoms with Crippen molar-refractivity contribution >= 4 is 11.9 Å². The maximum absolute atomic E-state index is 12.7. The molecule has 2 atom stereocenters. The average Bonchev–Trinajstić information content (AvgIpc) is 2.37. The highest BCUT2D eigenvalue weighted by molar-refractivity contribution is 5.86. The number of hydrogen-bond acceptors (Lipinski definition) is 3. The molecule has 20 heavy (non-hydrogen) atoms. The molecular formula is C14H18FNO4. The fourth-order valence-electron chi connectivity index (χ4n) is 1.55. The van der Waals surface area contributed by atoms with Gasteiger partial charge < -0.3 is 15.2 Å². The van der Waals surface area contributed by atoms with Crippen LogP contribution in [0.5, 0.6) is 5.75 Å². The lowest BCUT2D eigenvalue weighted by Crippen LogP contribution is -2.48. The molecule has 0 fully saturated rings. The maximum Gasteiger partial charge on any atom is 0.326 e. The second-order valence-electron chi connectivity index (χ2n) is 4.78. The third-order valence-electron chi connectivity index (χ3n) is 2.73. The Morgan fingerprint density at radius 3 is 2.20 bits per heavy atom. The number of carbonyl (C=O) groups is 2. The molecule has 5 nitrogen and oxygen atoms in total. The lowest BCUT2D eigenvalue weighted by atomic mass is 10.0. The Balaban J connectivity index is 2.62. The Kier molecular flexibility index (Phi) is 5.49. The molecule has 1 unspecified atom stereocenters. The summed E-state index contributed by atoms with van der Waals surface area (Å²) in [5, 5.41) is 11.4. The highest BCUT2D eigenvalue weighted by Gasteiger charge is 2.26. The highest BCUT2D eigenvalue weighted by atomic mass is 19.1. The van der Waals surface area contributed by atoms with Gasteiger partial charge in [-0.05, 0) is 37.1 Å². The number of benzene rings is 1. The van der Waals surface area contributed by atoms with Gasteiger partial charge in [0.05, 0.1) is 0 Å². The van der Waals surface area contributed by atoms with E-state index in [0.717, 1.165) is 0 Å². The summed E-state index contributed by atoms with van der Waals surface area (Å²) in [5.41, 5.74) is 0. The van der Waals surface area contributed by atoms with Crippen molar-refractivity contribution in [1.82, 2.24) is 5.32 Å². The van der Waals surface area contributed by atoms with Crippen molar-refractivity contribution in [3.63, 3.8) is 0 Å². The van der Waals surface area contributed by atoms with E-state index in [1.54, 1.807) is 13.8 Å². The zero-order chi connectivity index (χ0) is 15.3. The molecule has 2 N–H and O–H groups in total. The minimum atomic E-state index is -1.10. The molecule has 110 valence electrons. The summed E-state index contributed by atoms with van der Waals surface area (Å²) in [5.74, 6) is -1.93. The fourth-order valence-corrected chi connectivity index (χ4v) is 1.55. The van der Waals surface area contributed by atoms with Crippen molar-refractivity contribution in [2.45, 2.75) is 32.9 Å². The van der Waals surface area contributed by atoms with Crippen molar-refractivity contribution < 1.29 is 23.8 Å². The van der Waals surface area contributed by atoms with Gasteiger partial charge in [0.2, 0.25) is 0 Å². The molecular weight excluding hydrogens is 265 g/mol. The van der Waals surface area contributed by atoms with Crippen LogP contribution in [-0.2, 0) is 9.59 Å². The van der Waals surface area contributed by atoms with Gasteiger partial charge in [-0.25, -0.2) is 9.18 Å². The van der Waals surface area contributed by atoms with Gasteiger partial charge in [0, 0.05) is 0 Å². The van der Waals surface area contributed by atoms with Crippen LogP contribution in [0.2, 0.25) is 0 Å². The highest BCUT2D eigenvalue weighted by Crippen LogP contribution is 2.13. The molecule has 0 saturated heterocycles. The normalized spacial score (nSPS) is 13.7. The van der Waals surface area contributed by atoms with Crippen molar-refractivity contribution in [3.8, 4) is 5.75 Å². The molecule has 0 aliphatic carbocycles. The van der Waals surface area contributed by atoms with Crippen LogP contribution < -0.4 is 10.1 Å². The van der Waals surface area contributed by atoms with E-state index in [1.807, 2.05) is 0 Å². The van der Waals surface area contributed by atoms with Gasteiger partial charge in [0.1, 0.15) is 17.6 Å². The van der Waals surface area contributed by atoms with E-state index in [1.165, 1.54) is 31.2 Å². The van der Waals surface area contributed by atoms with Gasteiger partial charge in [-0.3, -0.25) is 4.79 Å². The molecule has 1 amide bonds. The first-order valence-electron chi connectivity index (χ1n) is 6.26. The summed E-state index contributed by atoms with van der Waals surface area (Å²) in [6.45, 7) is 4.90. The molecule has 0 saturated carbocycles. The zero-order valence-electron chi connectivity index (χ0n) is 11.6. The number of aliphatic carboxylic acids is 1. The lowest BCUT2D eigenvalue weighted by molar-refractivity contribution is -0.144. The van der Waals surface area contributed by atoms with E-state index in [2.05, 4.69) is 5.32 Å². The topological polar surface area (TPSA) is 75.6 Å². The molecule has 0 radical (unpaired) electrons. The first-order chi connectivity index (χ1) is 9.31. The minimum Gasteiger partial charge on any atom is -0.481 e. The summed E-state index contributed by atoms with van der Waals surface area (Å²) in [6.07, 6.45) is -0.874. The first-order valence-corrected chi connectivity index (χ1v) is 6.26. The van der Waals surface area contributed by atoms with Crippen molar-refractivity contribution in [3.05, 3.63) is 30.1 Å². The second-order valence-corrected chi connectivity index (χ2v) is 4.78. The largest absolute Gasteiger partial charge is 0.481 e. The number of hydrogen-bond donors (Lipinski definition) is 2. The Morgan fingerprint density at radius 2 is 1.75 bits per heavy atom. The van der Waals surface area contributed by atoms with E-state index >= 15 is 0 Å². The van der Waals surface area contributed by atoms with E-state index in [-0.39, 0.29) is 5.92 Å². The van der Waals surface area contributed by atoms with Crippen LogP contribution in [0.15, 0.2) is 24.3 Å². The summed E-state index contributed by atoms with van der Waals surface area (Å²) in [6, 6.07) is 4.26. The number of halogens is 1. The average molecular weight is 283 g/mol. The van der Waals surface area contributed by atoms with E-state index in [4.69, 9.17) is 9.84 Å². The van der Waals surface area contributed by atoms with Crippen molar-refractivity contribution in [2.24, 2.45) is 5.92 Å². The molecule has 0 bridgehead atoms. The number of carboxylic acids is 1. The van der Waals surface area contributed by atoms with Crippen LogP contribution in [0.25, 0.3) is 0 Å². The molecule has 0 aliphatic rings. The lowest BCUT2D eigenvalue weighted by Gasteiger charge is -2.21. The molecule has 6 heteroatoms. The number of carboxylic acid groups (broad SMARTS) is 1. The summed E-state index contributed by atoms with van der Waals surface area (Å²) >= 11 is 0. The number of rotatable bonds is 6. The van der Waals surface area contributed by atoms with Gasteiger partial charge in [-0.1, -0.05) is 13.8 Å². The second kappa shape index (κ2) is 6.88. The Hall–Kier alpha value is -2.11. The molecule has 1 rings (SSSR count). The zero-order valence-corrected chi connectivity index (χ0v) is 11.6. The van der Waals surface area contributed by atoms with Crippen LogP contribution in [0.1, 0.15) is 20.8 Å². The van der Waals surface area contributed by atoms with Gasteiger partial charge in [-0.15, -0.1) is 0 Å². The monoisotopic (exact) mass is 283 g/mol. The Labute approximate surface area is 116 Å². The van der Waals surface area contributed by atoms with Crippen LogP contribution in [0.3, 0.4) is 0 Å². The predicted molar refractivity (Wildman–Crippen MR) is 70.9 cm³/mol. The quantitative estimate of drug-likeness (QED) is 0.835. The maximum atomic E-state index is 12.7. The molecule has 0 aromatic heterocycles. The van der Waals surface area contributed by atoms with Crippen LogP contribution in [0.4, 0.5) is 4.39 Å². The molecule has 0 spiro atoms. The molecule has 0 aliphatic heterocycles. The molecule has 0 heterocycles. The minimum absolute atomic E-state index is 0.241. The van der Waals surface area contributed by atoms with Gasteiger partial charge >= 0.3 is 5.97 Å². The van der Waals surface area contributed by atoms with Crippen LogP contribution >= 0.6 is 0 Å². The Morgan fingerprint density at radius 1 is 1.20 bits per heavy atom. The van der Waals surface area contributed by atoms with Crippen LogP contribution in [-0.4, -0.2) is 29.1 Å². The standard InChI is InChI=1S/C14H18FNO4/c1-8(2)12(14(18)19)16-13(17)9(3)20-11-6-4-10(15)5-7-11/h4-9,12H,1-3H3,(H,16,17)(H,18,19)/t9?,12-/m1/s1. The number of amides is 1. The number of nitrogens with one attached hydrogen (secondary N) is 1. The SMILES string of the molecule is CC(Oc1ccc(F)cc1)C(=O)N[C@@H](C(=O)O)C(C)C. The van der Waals surface area contributed by atoms with Gasteiger partial charge in [-0.2, -0.15) is 0 Å². The number of ether oxygens (including phenoxy) is 1. The van der Waals surface area contributed by atoms with Crippen molar-refractivity contribution in [2.75, 3.05) is 0 Å². The predicted octanol–water partition coefficient (Wildman–Crippen LogP) is 1.82. The van der Waals surface area contributed by atoms with Gasteiger partial charge in [0.15, 0.2) is 6.10 Å². The molecule has 1 aromatic carbocycles. The third-order valence-corrected chi connectivity index (χ3v) is 2.73. The van der Waals surface area contributed by atoms with E-state index in [9.17, 15) is 14.0 Å². The van der Waals surface area contributed by atoms with E-state index in [0.29, 0.717) is 5.75 Å². The summed E-state index contributed by atoms with van der Waals surface area (Å²) < 4.78 is 18.1. The first kappa shape index (κ1) is 15.9. The number of carbonyl (C=O) groups excluding carboxylic acids is 1. The molecule has 1 aromatic rings. The van der Waals surface area contributed by atoms with Crippen molar-refractivity contribution in [1.29, 1.82) is 0 Å². The summed E-state index contributed by atoms with van der Waals surface area (Å²) in [7, 11) is 0. The van der Waals surface area contributed by atoms with Gasteiger partial charge in [0.25, 0.3) is 5.91 Å². The van der Waals surface area contributed by atoms with E-state index < -0.39 is 29.8 Å². The summed E-state index contributed by atoms with van der Waals surface area (Å²) in [4.78, 5) is 22.9. The third kappa shape index (κ3) is 4.53. The Bertz CT molecular complexity index is 473. The fraction of sp³-hybridized carbons (Fsp3) is 0.429. The smallest absolute Gasteiger partial charge is 0.326 e.